The van der Waals surface area contributed by atoms with E-state index in [4.69, 9.17) is 21.1 Å². The zero-order valence-electron chi connectivity index (χ0n) is 13.3. The van der Waals surface area contributed by atoms with Gasteiger partial charge in [0.2, 0.25) is 0 Å². The average Bonchev–Trinajstić information content (AvgIpc) is 2.61. The molecule has 2 amide bonds. The molecule has 6 nitrogen and oxygen atoms in total. The van der Waals surface area contributed by atoms with Gasteiger partial charge in [-0.1, -0.05) is 23.7 Å². The van der Waals surface area contributed by atoms with Gasteiger partial charge >= 0.3 is 0 Å². The van der Waals surface area contributed by atoms with E-state index in [9.17, 15) is 14.0 Å². The number of ether oxygens (including phenoxy) is 2. The van der Waals surface area contributed by atoms with Crippen LogP contribution in [0.15, 0.2) is 48.5 Å². The van der Waals surface area contributed by atoms with E-state index in [2.05, 4.69) is 10.9 Å². The minimum absolute atomic E-state index is 0.0532. The minimum atomic E-state index is -1.01. The molecule has 25 heavy (non-hydrogen) atoms. The molecular weight excluding hydrogens is 351 g/mol. The second-order valence-electron chi connectivity index (χ2n) is 4.97. The Balaban J connectivity index is 1.74. The van der Waals surface area contributed by atoms with Crippen molar-refractivity contribution in [1.82, 2.24) is 10.9 Å². The second-order valence-corrected chi connectivity index (χ2v) is 5.41. The molecule has 2 aromatic carbocycles. The van der Waals surface area contributed by atoms with Crippen molar-refractivity contribution in [3.05, 3.63) is 59.4 Å². The van der Waals surface area contributed by atoms with Gasteiger partial charge in [-0.05, 0) is 43.3 Å². The van der Waals surface area contributed by atoms with Gasteiger partial charge in [-0.3, -0.25) is 20.4 Å². The molecule has 2 N–H and O–H groups in total. The van der Waals surface area contributed by atoms with E-state index in [0.717, 1.165) is 0 Å². The molecule has 0 heterocycles. The summed E-state index contributed by atoms with van der Waals surface area (Å²) in [7, 11) is 0. The second kappa shape index (κ2) is 8.89. The normalized spacial score (nSPS) is 11.3. The highest BCUT2D eigenvalue weighted by molar-refractivity contribution is 6.30. The zero-order valence-corrected chi connectivity index (χ0v) is 14.0. The monoisotopic (exact) mass is 366 g/mol. The average molecular weight is 367 g/mol. The number of hydrazine groups is 1. The minimum Gasteiger partial charge on any atom is -0.484 e. The third-order valence-electron chi connectivity index (χ3n) is 3.02. The number of nitrogens with one attached hydrogen (secondary N) is 2. The zero-order chi connectivity index (χ0) is 18.2. The van der Waals surface area contributed by atoms with Gasteiger partial charge in [-0.15, -0.1) is 0 Å². The molecule has 0 aromatic heterocycles. The van der Waals surface area contributed by atoms with Crippen molar-refractivity contribution in [3.63, 3.8) is 0 Å². The third-order valence-corrected chi connectivity index (χ3v) is 3.27. The van der Waals surface area contributed by atoms with Crippen LogP contribution in [0.2, 0.25) is 5.02 Å². The topological polar surface area (TPSA) is 76.7 Å². The Bertz CT molecular complexity index is 740. The Morgan fingerprint density at radius 2 is 1.80 bits per heavy atom. The number of rotatable bonds is 6. The van der Waals surface area contributed by atoms with Crippen LogP contribution in [0.3, 0.4) is 0 Å². The lowest BCUT2D eigenvalue weighted by Gasteiger charge is -2.15. The third kappa shape index (κ3) is 5.96. The summed E-state index contributed by atoms with van der Waals surface area (Å²) in [5.74, 6) is -1.38. The smallest absolute Gasteiger partial charge is 0.279 e. The molecule has 0 bridgehead atoms. The molecule has 0 spiro atoms. The molecule has 0 unspecified atom stereocenters. The van der Waals surface area contributed by atoms with Crippen LogP contribution in [-0.2, 0) is 9.59 Å². The summed E-state index contributed by atoms with van der Waals surface area (Å²) in [6, 6.07) is 12.2. The quantitative estimate of drug-likeness (QED) is 0.770. The Labute approximate surface area is 148 Å². The molecule has 132 valence electrons. The Hall–Kier alpha value is -2.80. The highest BCUT2D eigenvalue weighted by Gasteiger charge is 2.17. The van der Waals surface area contributed by atoms with Crippen LogP contribution in [-0.4, -0.2) is 24.5 Å². The Morgan fingerprint density at radius 3 is 2.48 bits per heavy atom. The maximum absolute atomic E-state index is 13.5. The largest absolute Gasteiger partial charge is 0.484 e. The number of para-hydroxylation sites is 1. The molecule has 0 aliphatic rings. The number of halogens is 2. The molecule has 8 heteroatoms. The first kappa shape index (κ1) is 18.5. The highest BCUT2D eigenvalue weighted by atomic mass is 35.5. The number of carbonyl (C=O) groups is 2. The van der Waals surface area contributed by atoms with Gasteiger partial charge in [0.1, 0.15) is 5.75 Å². The number of hydrogen-bond acceptors (Lipinski definition) is 4. The number of amides is 2. The Morgan fingerprint density at radius 1 is 1.12 bits per heavy atom. The van der Waals surface area contributed by atoms with Crippen molar-refractivity contribution < 1.29 is 23.5 Å². The molecular formula is C17H16ClFN2O4. The summed E-state index contributed by atoms with van der Waals surface area (Å²) in [5, 5.41) is 0.549. The number of carbonyl (C=O) groups excluding carboxylic acids is 2. The lowest BCUT2D eigenvalue weighted by Crippen LogP contribution is -2.48. The SMILES string of the molecule is C[C@H](Oc1ccccc1F)C(=O)NNC(=O)COc1ccc(Cl)cc1. The fraction of sp³-hybridized carbons (Fsp3) is 0.176. The maximum atomic E-state index is 13.5. The molecule has 0 radical (unpaired) electrons. The van der Waals surface area contributed by atoms with E-state index < -0.39 is 23.7 Å². The van der Waals surface area contributed by atoms with Gasteiger partial charge in [-0.25, -0.2) is 4.39 Å². The van der Waals surface area contributed by atoms with Gasteiger partial charge in [0, 0.05) is 5.02 Å². The summed E-state index contributed by atoms with van der Waals surface area (Å²) >= 11 is 5.74. The van der Waals surface area contributed by atoms with Gasteiger partial charge in [0.25, 0.3) is 11.8 Å². The van der Waals surface area contributed by atoms with Crippen molar-refractivity contribution in [2.24, 2.45) is 0 Å². The Kier molecular flexibility index (Phi) is 6.59. The van der Waals surface area contributed by atoms with Crippen molar-refractivity contribution in [3.8, 4) is 11.5 Å². The predicted octanol–water partition coefficient (Wildman–Crippen LogP) is 2.47. The number of benzene rings is 2. The summed E-state index contributed by atoms with van der Waals surface area (Å²) in [4.78, 5) is 23.5. The van der Waals surface area contributed by atoms with Crippen molar-refractivity contribution in [2.75, 3.05) is 6.61 Å². The number of hydrogen-bond donors (Lipinski definition) is 2. The lowest BCUT2D eigenvalue weighted by molar-refractivity contribution is -0.133. The molecule has 2 rings (SSSR count). The maximum Gasteiger partial charge on any atom is 0.279 e. The first-order valence-electron chi connectivity index (χ1n) is 7.34. The predicted molar refractivity (Wildman–Crippen MR) is 89.7 cm³/mol. The van der Waals surface area contributed by atoms with Gasteiger partial charge < -0.3 is 9.47 Å². The van der Waals surface area contributed by atoms with Crippen LogP contribution in [0.25, 0.3) is 0 Å². The van der Waals surface area contributed by atoms with E-state index in [1.165, 1.54) is 25.1 Å². The van der Waals surface area contributed by atoms with Crippen molar-refractivity contribution in [2.45, 2.75) is 13.0 Å². The van der Waals surface area contributed by atoms with Gasteiger partial charge in [-0.2, -0.15) is 0 Å². The molecule has 0 aliphatic carbocycles. The molecule has 2 aromatic rings. The van der Waals surface area contributed by atoms with Crippen LogP contribution in [0.1, 0.15) is 6.92 Å². The van der Waals surface area contributed by atoms with E-state index in [-0.39, 0.29) is 12.4 Å². The summed E-state index contributed by atoms with van der Waals surface area (Å²) < 4.78 is 23.9. The highest BCUT2D eigenvalue weighted by Crippen LogP contribution is 2.17. The van der Waals surface area contributed by atoms with E-state index in [1.54, 1.807) is 30.3 Å². The standard InChI is InChI=1S/C17H16ClFN2O4/c1-11(25-15-5-3-2-4-14(15)19)17(23)21-20-16(22)10-24-13-8-6-12(18)7-9-13/h2-9,11H,10H2,1H3,(H,20,22)(H,21,23)/t11-/m0/s1. The van der Waals surface area contributed by atoms with Crippen LogP contribution < -0.4 is 20.3 Å². The molecule has 1 atom stereocenters. The summed E-state index contributed by atoms with van der Waals surface area (Å²) in [5.41, 5.74) is 4.36. The van der Waals surface area contributed by atoms with Crippen LogP contribution >= 0.6 is 11.6 Å². The van der Waals surface area contributed by atoms with Gasteiger partial charge in [0.15, 0.2) is 24.3 Å². The van der Waals surface area contributed by atoms with Crippen LogP contribution in [0.4, 0.5) is 4.39 Å². The van der Waals surface area contributed by atoms with E-state index in [0.29, 0.717) is 10.8 Å². The van der Waals surface area contributed by atoms with Crippen LogP contribution in [0, 0.1) is 5.82 Å². The summed E-state index contributed by atoms with van der Waals surface area (Å²) in [6.07, 6.45) is -1.01. The lowest BCUT2D eigenvalue weighted by atomic mass is 10.3. The van der Waals surface area contributed by atoms with E-state index >= 15 is 0 Å². The molecule has 0 saturated carbocycles. The first-order chi connectivity index (χ1) is 12.0. The molecule has 0 saturated heterocycles. The first-order valence-corrected chi connectivity index (χ1v) is 7.72. The van der Waals surface area contributed by atoms with Crippen molar-refractivity contribution in [1.29, 1.82) is 0 Å². The van der Waals surface area contributed by atoms with Gasteiger partial charge in [0.05, 0.1) is 0 Å². The molecule has 0 aliphatic heterocycles. The fourth-order valence-corrected chi connectivity index (χ4v) is 1.86. The fourth-order valence-electron chi connectivity index (χ4n) is 1.73. The van der Waals surface area contributed by atoms with E-state index in [1.807, 2.05) is 0 Å². The van der Waals surface area contributed by atoms with Crippen LogP contribution in [0.5, 0.6) is 11.5 Å². The molecule has 0 fully saturated rings. The summed E-state index contributed by atoms with van der Waals surface area (Å²) in [6.45, 7) is 1.13. The van der Waals surface area contributed by atoms with Crippen molar-refractivity contribution >= 4 is 23.4 Å².